The Morgan fingerprint density at radius 3 is 2.75 bits per heavy atom. The highest BCUT2D eigenvalue weighted by Gasteiger charge is 2.09. The molecule has 0 aliphatic carbocycles. The monoisotopic (exact) mass is 384 g/mol. The Morgan fingerprint density at radius 1 is 1.21 bits per heavy atom. The number of hydrogen-bond donors (Lipinski definition) is 1. The number of anilines is 1. The van der Waals surface area contributed by atoms with Crippen LogP contribution in [-0.2, 0) is 11.2 Å². The first kappa shape index (κ1) is 16.5. The van der Waals surface area contributed by atoms with Crippen molar-refractivity contribution in [2.24, 2.45) is 0 Å². The Labute approximate surface area is 149 Å². The van der Waals surface area contributed by atoms with Gasteiger partial charge in [-0.05, 0) is 31.2 Å². The van der Waals surface area contributed by atoms with Crippen LogP contribution in [0.25, 0.3) is 11.3 Å². The number of halogens is 1. The fourth-order valence-electron chi connectivity index (χ4n) is 2.28. The molecule has 2 aromatic carbocycles. The largest absolute Gasteiger partial charge is 0.441 e. The second kappa shape index (κ2) is 7.45. The molecule has 5 heteroatoms. The molecule has 1 aromatic heterocycles. The maximum absolute atomic E-state index is 12.0. The summed E-state index contributed by atoms with van der Waals surface area (Å²) in [5.41, 5.74) is 2.91. The van der Waals surface area contributed by atoms with Crippen molar-refractivity contribution in [3.05, 3.63) is 70.7 Å². The summed E-state index contributed by atoms with van der Waals surface area (Å²) < 4.78 is 6.71. The van der Waals surface area contributed by atoms with Crippen LogP contribution in [0.3, 0.4) is 0 Å². The Bertz CT molecular complexity index is 841. The number of nitrogens with one attached hydrogen (secondary N) is 1. The molecule has 0 radical (unpaired) electrons. The zero-order chi connectivity index (χ0) is 16.9. The number of hydrogen-bond acceptors (Lipinski definition) is 3. The number of amides is 1. The fourth-order valence-corrected chi connectivity index (χ4v) is 2.68. The molecule has 0 saturated carbocycles. The number of benzene rings is 2. The van der Waals surface area contributed by atoms with Gasteiger partial charge in [-0.15, -0.1) is 0 Å². The normalized spacial score (nSPS) is 10.6. The van der Waals surface area contributed by atoms with Gasteiger partial charge in [-0.3, -0.25) is 4.79 Å². The van der Waals surface area contributed by atoms with E-state index in [1.807, 2.05) is 55.5 Å². The summed E-state index contributed by atoms with van der Waals surface area (Å²) in [5.74, 6) is 1.20. The minimum atomic E-state index is -0.0546. The summed E-state index contributed by atoms with van der Waals surface area (Å²) in [6.45, 7) is 2.01. The van der Waals surface area contributed by atoms with Crippen molar-refractivity contribution in [3.8, 4) is 11.3 Å². The molecule has 3 aromatic rings. The van der Waals surface area contributed by atoms with Crippen molar-refractivity contribution >= 4 is 27.5 Å². The molecule has 1 N–H and O–H groups in total. The van der Waals surface area contributed by atoms with E-state index in [1.54, 1.807) is 6.20 Å². The maximum Gasteiger partial charge on any atom is 0.224 e. The maximum atomic E-state index is 12.0. The molecule has 0 bridgehead atoms. The minimum absolute atomic E-state index is 0.0546. The van der Waals surface area contributed by atoms with Crippen LogP contribution in [0.1, 0.15) is 17.9 Å². The predicted molar refractivity (Wildman–Crippen MR) is 97.8 cm³/mol. The van der Waals surface area contributed by atoms with Gasteiger partial charge in [0.25, 0.3) is 0 Å². The molecule has 122 valence electrons. The topological polar surface area (TPSA) is 55.1 Å². The van der Waals surface area contributed by atoms with Crippen molar-refractivity contribution in [2.75, 3.05) is 5.32 Å². The van der Waals surface area contributed by atoms with Gasteiger partial charge in [0.05, 0.1) is 6.20 Å². The number of aryl methyl sites for hydroxylation is 2. The molecule has 0 unspecified atom stereocenters. The second-order valence-corrected chi connectivity index (χ2v) is 6.46. The van der Waals surface area contributed by atoms with Crippen LogP contribution in [0.5, 0.6) is 0 Å². The first-order valence-corrected chi connectivity index (χ1v) is 8.46. The molecule has 1 amide bonds. The molecule has 0 atom stereocenters. The van der Waals surface area contributed by atoms with Crippen molar-refractivity contribution in [1.82, 2.24) is 4.98 Å². The molecule has 4 nitrogen and oxygen atoms in total. The SMILES string of the molecule is Cc1ccc(NC(=O)CCc2ncc(-c3cccc(Br)c3)o2)cc1. The summed E-state index contributed by atoms with van der Waals surface area (Å²) in [4.78, 5) is 16.3. The van der Waals surface area contributed by atoms with Gasteiger partial charge in [0.15, 0.2) is 11.7 Å². The van der Waals surface area contributed by atoms with Crippen LogP contribution in [0.4, 0.5) is 5.69 Å². The highest BCUT2D eigenvalue weighted by molar-refractivity contribution is 9.10. The molecule has 0 saturated heterocycles. The van der Waals surface area contributed by atoms with Gasteiger partial charge in [-0.2, -0.15) is 0 Å². The van der Waals surface area contributed by atoms with Gasteiger partial charge in [-0.1, -0.05) is 45.8 Å². The Morgan fingerprint density at radius 2 is 2.00 bits per heavy atom. The standard InChI is InChI=1S/C19H17BrN2O2/c1-13-5-7-16(8-6-13)22-18(23)9-10-19-21-12-17(24-19)14-3-2-4-15(20)11-14/h2-8,11-12H,9-10H2,1H3,(H,22,23). The summed E-state index contributed by atoms with van der Waals surface area (Å²) >= 11 is 3.44. The smallest absolute Gasteiger partial charge is 0.224 e. The summed E-state index contributed by atoms with van der Waals surface area (Å²) in [6.07, 6.45) is 2.48. The third-order valence-electron chi connectivity index (χ3n) is 3.56. The molecular formula is C19H17BrN2O2. The van der Waals surface area contributed by atoms with Crippen LogP contribution in [-0.4, -0.2) is 10.9 Å². The van der Waals surface area contributed by atoms with Crippen LogP contribution in [0.15, 0.2) is 63.6 Å². The van der Waals surface area contributed by atoms with E-state index in [0.717, 1.165) is 21.3 Å². The second-order valence-electron chi connectivity index (χ2n) is 5.54. The van der Waals surface area contributed by atoms with E-state index in [-0.39, 0.29) is 5.91 Å². The summed E-state index contributed by atoms with van der Waals surface area (Å²) in [5, 5.41) is 2.87. The number of oxazole rings is 1. The molecule has 0 fully saturated rings. The van der Waals surface area contributed by atoms with E-state index < -0.39 is 0 Å². The Hall–Kier alpha value is -2.40. The fraction of sp³-hybridized carbons (Fsp3) is 0.158. The lowest BCUT2D eigenvalue weighted by atomic mass is 10.2. The van der Waals surface area contributed by atoms with Gasteiger partial charge in [0, 0.05) is 28.6 Å². The number of nitrogens with zero attached hydrogens (tertiary/aromatic N) is 1. The highest BCUT2D eigenvalue weighted by atomic mass is 79.9. The van der Waals surface area contributed by atoms with Crippen LogP contribution >= 0.6 is 15.9 Å². The van der Waals surface area contributed by atoms with E-state index >= 15 is 0 Å². The lowest BCUT2D eigenvalue weighted by molar-refractivity contribution is -0.116. The van der Waals surface area contributed by atoms with E-state index in [1.165, 1.54) is 0 Å². The van der Waals surface area contributed by atoms with E-state index in [0.29, 0.717) is 24.5 Å². The van der Waals surface area contributed by atoms with E-state index in [9.17, 15) is 4.79 Å². The van der Waals surface area contributed by atoms with Gasteiger partial charge in [0.2, 0.25) is 5.91 Å². The molecule has 0 aliphatic heterocycles. The molecule has 1 heterocycles. The minimum Gasteiger partial charge on any atom is -0.441 e. The molecule has 3 rings (SSSR count). The van der Waals surface area contributed by atoms with Crippen molar-refractivity contribution < 1.29 is 9.21 Å². The number of aromatic nitrogens is 1. The number of carbonyl (C=O) groups is 1. The Balaban J connectivity index is 1.57. The van der Waals surface area contributed by atoms with Crippen LogP contribution in [0.2, 0.25) is 0 Å². The molecule has 0 spiro atoms. The van der Waals surface area contributed by atoms with Crippen LogP contribution in [0, 0.1) is 6.92 Å². The third-order valence-corrected chi connectivity index (χ3v) is 4.06. The van der Waals surface area contributed by atoms with Crippen molar-refractivity contribution in [3.63, 3.8) is 0 Å². The van der Waals surface area contributed by atoms with Crippen molar-refractivity contribution in [1.29, 1.82) is 0 Å². The quantitative estimate of drug-likeness (QED) is 0.674. The van der Waals surface area contributed by atoms with Gasteiger partial charge in [-0.25, -0.2) is 4.98 Å². The average Bonchev–Trinajstić information content (AvgIpc) is 3.04. The zero-order valence-electron chi connectivity index (χ0n) is 13.3. The van der Waals surface area contributed by atoms with Gasteiger partial charge >= 0.3 is 0 Å². The summed E-state index contributed by atoms with van der Waals surface area (Å²) in [6, 6.07) is 15.5. The van der Waals surface area contributed by atoms with E-state index in [4.69, 9.17) is 4.42 Å². The van der Waals surface area contributed by atoms with Gasteiger partial charge < -0.3 is 9.73 Å². The first-order valence-electron chi connectivity index (χ1n) is 7.67. The first-order chi connectivity index (χ1) is 11.6. The molecular weight excluding hydrogens is 368 g/mol. The third kappa shape index (κ3) is 4.32. The van der Waals surface area contributed by atoms with Gasteiger partial charge in [0.1, 0.15) is 0 Å². The number of rotatable bonds is 5. The average molecular weight is 385 g/mol. The Kier molecular flexibility index (Phi) is 5.11. The van der Waals surface area contributed by atoms with Crippen molar-refractivity contribution in [2.45, 2.75) is 19.8 Å². The van der Waals surface area contributed by atoms with Crippen LogP contribution < -0.4 is 5.32 Å². The summed E-state index contributed by atoms with van der Waals surface area (Å²) in [7, 11) is 0. The predicted octanol–water partition coefficient (Wildman–Crippen LogP) is 4.98. The molecule has 24 heavy (non-hydrogen) atoms. The number of carbonyl (C=O) groups excluding carboxylic acids is 1. The molecule has 0 aliphatic rings. The lowest BCUT2D eigenvalue weighted by Crippen LogP contribution is -2.12. The highest BCUT2D eigenvalue weighted by Crippen LogP contribution is 2.24. The lowest BCUT2D eigenvalue weighted by Gasteiger charge is -2.04. The van der Waals surface area contributed by atoms with E-state index in [2.05, 4.69) is 26.2 Å². The zero-order valence-corrected chi connectivity index (χ0v) is 14.8.